The second-order valence-electron chi connectivity index (χ2n) is 4.47. The van der Waals surface area contributed by atoms with Gasteiger partial charge >= 0.3 is 0 Å². The van der Waals surface area contributed by atoms with Crippen molar-refractivity contribution in [3.63, 3.8) is 0 Å². The minimum absolute atomic E-state index is 0.0953. The Morgan fingerprint density at radius 3 is 2.63 bits per heavy atom. The van der Waals surface area contributed by atoms with E-state index in [2.05, 4.69) is 5.10 Å². The molecule has 0 amide bonds. The first-order valence-electron chi connectivity index (χ1n) is 6.03. The summed E-state index contributed by atoms with van der Waals surface area (Å²) in [5, 5.41) is 4.11. The summed E-state index contributed by atoms with van der Waals surface area (Å²) in [7, 11) is -3.24. The van der Waals surface area contributed by atoms with Crippen LogP contribution in [0, 0.1) is 0 Å². The number of para-hydroxylation sites is 1. The lowest BCUT2D eigenvalue weighted by atomic mass is 10.0. The molecule has 0 saturated carbocycles. The van der Waals surface area contributed by atoms with Crippen LogP contribution in [0.15, 0.2) is 41.6 Å². The van der Waals surface area contributed by atoms with Crippen LogP contribution < -0.4 is 5.73 Å². The predicted molar refractivity (Wildman–Crippen MR) is 73.9 cm³/mol. The highest BCUT2D eigenvalue weighted by molar-refractivity contribution is 7.90. The summed E-state index contributed by atoms with van der Waals surface area (Å²) in [6, 6.07) is 7.51. The number of hydrogen-bond acceptors (Lipinski definition) is 4. The summed E-state index contributed by atoms with van der Waals surface area (Å²) in [6.45, 7) is 2.01. The molecule has 1 aromatic carbocycles. The van der Waals surface area contributed by atoms with E-state index in [0.717, 1.165) is 23.9 Å². The maximum absolute atomic E-state index is 11.5. The summed E-state index contributed by atoms with van der Waals surface area (Å²) in [5.41, 5.74) is 7.83. The Bertz CT molecular complexity index is 677. The van der Waals surface area contributed by atoms with Crippen molar-refractivity contribution in [1.29, 1.82) is 0 Å². The normalized spacial score (nSPS) is 13.4. The van der Waals surface area contributed by atoms with Gasteiger partial charge in [0.15, 0.2) is 9.84 Å². The SMILES string of the molecule is CC[C@H](N)c1ccccc1-n1cc(S(C)(=O)=O)cn1. The fraction of sp³-hybridized carbons (Fsp3) is 0.308. The number of aromatic nitrogens is 2. The zero-order chi connectivity index (χ0) is 14.0. The first-order valence-corrected chi connectivity index (χ1v) is 7.92. The molecule has 5 nitrogen and oxygen atoms in total. The van der Waals surface area contributed by atoms with E-state index in [0.29, 0.717) is 0 Å². The lowest BCUT2D eigenvalue weighted by Crippen LogP contribution is -2.12. The lowest BCUT2D eigenvalue weighted by molar-refractivity contribution is 0.602. The Balaban J connectivity index is 2.51. The first kappa shape index (κ1) is 13.8. The third-order valence-corrected chi connectivity index (χ3v) is 4.08. The summed E-state index contributed by atoms with van der Waals surface area (Å²) >= 11 is 0. The number of nitrogens with two attached hydrogens (primary N) is 1. The van der Waals surface area contributed by atoms with Crippen LogP contribution in [0.25, 0.3) is 5.69 Å². The van der Waals surface area contributed by atoms with E-state index in [1.165, 1.54) is 12.4 Å². The summed E-state index contributed by atoms with van der Waals surface area (Å²) in [6.07, 6.45) is 4.83. The second kappa shape index (κ2) is 5.14. The molecule has 1 atom stereocenters. The number of sulfone groups is 1. The highest BCUT2D eigenvalue weighted by Gasteiger charge is 2.14. The number of nitrogens with zero attached hydrogens (tertiary/aromatic N) is 2. The van der Waals surface area contributed by atoms with Gasteiger partial charge in [-0.15, -0.1) is 0 Å². The van der Waals surface area contributed by atoms with Gasteiger partial charge in [0.1, 0.15) is 4.90 Å². The fourth-order valence-corrected chi connectivity index (χ4v) is 2.39. The van der Waals surface area contributed by atoms with E-state index in [1.807, 2.05) is 31.2 Å². The second-order valence-corrected chi connectivity index (χ2v) is 6.48. The molecular formula is C13H17N3O2S. The van der Waals surface area contributed by atoms with Gasteiger partial charge in [0, 0.05) is 18.5 Å². The van der Waals surface area contributed by atoms with Crippen molar-refractivity contribution in [3.05, 3.63) is 42.2 Å². The van der Waals surface area contributed by atoms with Gasteiger partial charge in [0.2, 0.25) is 0 Å². The zero-order valence-corrected chi connectivity index (χ0v) is 11.8. The standard InChI is InChI=1S/C13H17N3O2S/c1-3-12(14)11-6-4-5-7-13(11)16-9-10(8-15-16)19(2,17)18/h4-9,12H,3,14H2,1-2H3/t12-/m0/s1. The van der Waals surface area contributed by atoms with Crippen molar-refractivity contribution in [2.75, 3.05) is 6.26 Å². The van der Waals surface area contributed by atoms with E-state index in [4.69, 9.17) is 5.73 Å². The van der Waals surface area contributed by atoms with E-state index >= 15 is 0 Å². The average Bonchev–Trinajstić information content (AvgIpc) is 2.87. The number of benzene rings is 1. The molecule has 2 aromatic rings. The van der Waals surface area contributed by atoms with Gasteiger partial charge in [-0.05, 0) is 18.1 Å². The van der Waals surface area contributed by atoms with Crippen molar-refractivity contribution in [1.82, 2.24) is 9.78 Å². The molecule has 0 aliphatic carbocycles. The minimum Gasteiger partial charge on any atom is -0.324 e. The smallest absolute Gasteiger partial charge is 0.178 e. The van der Waals surface area contributed by atoms with Crippen LogP contribution in [0.4, 0.5) is 0 Å². The van der Waals surface area contributed by atoms with Crippen molar-refractivity contribution in [2.24, 2.45) is 5.73 Å². The highest BCUT2D eigenvalue weighted by Crippen LogP contribution is 2.22. The molecule has 1 aromatic heterocycles. The molecule has 6 heteroatoms. The third-order valence-electron chi connectivity index (χ3n) is 3.01. The molecule has 0 spiro atoms. The monoisotopic (exact) mass is 279 g/mol. The van der Waals surface area contributed by atoms with Gasteiger partial charge in [0.05, 0.1) is 11.9 Å². The van der Waals surface area contributed by atoms with Crippen LogP contribution in [0.2, 0.25) is 0 Å². The van der Waals surface area contributed by atoms with Crippen LogP contribution in [-0.2, 0) is 9.84 Å². The fourth-order valence-electron chi connectivity index (χ4n) is 1.86. The van der Waals surface area contributed by atoms with Crippen molar-refractivity contribution < 1.29 is 8.42 Å². The van der Waals surface area contributed by atoms with Gasteiger partial charge in [-0.25, -0.2) is 13.1 Å². The molecule has 1 heterocycles. The molecule has 0 aliphatic heterocycles. The van der Waals surface area contributed by atoms with Crippen molar-refractivity contribution in [3.8, 4) is 5.69 Å². The Morgan fingerprint density at radius 1 is 1.37 bits per heavy atom. The summed E-state index contributed by atoms with van der Waals surface area (Å²) < 4.78 is 24.5. The van der Waals surface area contributed by atoms with Crippen LogP contribution in [0.3, 0.4) is 0 Å². The first-order chi connectivity index (χ1) is 8.93. The Kier molecular flexibility index (Phi) is 3.73. The Labute approximate surface area is 113 Å². The van der Waals surface area contributed by atoms with E-state index in [1.54, 1.807) is 4.68 Å². The lowest BCUT2D eigenvalue weighted by Gasteiger charge is -2.14. The summed E-state index contributed by atoms with van der Waals surface area (Å²) in [5.74, 6) is 0. The average molecular weight is 279 g/mol. The third kappa shape index (κ3) is 2.85. The van der Waals surface area contributed by atoms with Gasteiger partial charge in [-0.1, -0.05) is 25.1 Å². The van der Waals surface area contributed by atoms with Gasteiger partial charge in [-0.2, -0.15) is 5.10 Å². The molecule has 102 valence electrons. The molecule has 0 aliphatic rings. The number of hydrogen-bond donors (Lipinski definition) is 1. The van der Waals surface area contributed by atoms with Crippen LogP contribution in [0.1, 0.15) is 24.9 Å². The molecule has 19 heavy (non-hydrogen) atoms. The van der Waals surface area contributed by atoms with E-state index in [-0.39, 0.29) is 10.9 Å². The molecule has 0 fully saturated rings. The molecule has 0 radical (unpaired) electrons. The maximum Gasteiger partial charge on any atom is 0.178 e. The van der Waals surface area contributed by atoms with Crippen LogP contribution in [-0.4, -0.2) is 24.5 Å². The molecule has 2 rings (SSSR count). The Hall–Kier alpha value is -1.66. The van der Waals surface area contributed by atoms with Crippen molar-refractivity contribution >= 4 is 9.84 Å². The zero-order valence-electron chi connectivity index (χ0n) is 10.9. The number of rotatable bonds is 4. The van der Waals surface area contributed by atoms with Crippen LogP contribution in [0.5, 0.6) is 0 Å². The predicted octanol–water partition coefficient (Wildman–Crippen LogP) is 1.69. The van der Waals surface area contributed by atoms with Crippen LogP contribution >= 0.6 is 0 Å². The van der Waals surface area contributed by atoms with Gasteiger partial charge in [-0.3, -0.25) is 0 Å². The van der Waals surface area contributed by atoms with E-state index < -0.39 is 9.84 Å². The topological polar surface area (TPSA) is 78.0 Å². The highest BCUT2D eigenvalue weighted by atomic mass is 32.2. The van der Waals surface area contributed by atoms with Gasteiger partial charge in [0.25, 0.3) is 0 Å². The molecule has 2 N–H and O–H groups in total. The minimum atomic E-state index is -3.24. The Morgan fingerprint density at radius 2 is 2.05 bits per heavy atom. The molecule has 0 saturated heterocycles. The largest absolute Gasteiger partial charge is 0.324 e. The summed E-state index contributed by atoms with van der Waals surface area (Å²) in [4.78, 5) is 0.201. The molecule has 0 bridgehead atoms. The van der Waals surface area contributed by atoms with Crippen molar-refractivity contribution in [2.45, 2.75) is 24.3 Å². The molecular weight excluding hydrogens is 262 g/mol. The van der Waals surface area contributed by atoms with Gasteiger partial charge < -0.3 is 5.73 Å². The quantitative estimate of drug-likeness (QED) is 0.923. The van der Waals surface area contributed by atoms with E-state index in [9.17, 15) is 8.42 Å². The maximum atomic E-state index is 11.5. The molecule has 0 unspecified atom stereocenters.